The molecule has 0 radical (unpaired) electrons. The predicted octanol–water partition coefficient (Wildman–Crippen LogP) is 1.17. The molecule has 0 unspecified atom stereocenters. The maximum Gasteiger partial charge on any atom is 0.126 e. The van der Waals surface area contributed by atoms with Crippen LogP contribution in [-0.2, 0) is 13.6 Å². The Bertz CT molecular complexity index is 521. The highest BCUT2D eigenvalue weighted by Gasteiger charge is 2.12. The summed E-state index contributed by atoms with van der Waals surface area (Å²) >= 11 is 0. The van der Waals surface area contributed by atoms with Gasteiger partial charge in [0.2, 0.25) is 0 Å². The van der Waals surface area contributed by atoms with Gasteiger partial charge in [-0.05, 0) is 20.8 Å². The van der Waals surface area contributed by atoms with E-state index in [0.29, 0.717) is 0 Å². The van der Waals surface area contributed by atoms with Gasteiger partial charge in [-0.1, -0.05) is 0 Å². The van der Waals surface area contributed by atoms with Gasteiger partial charge in [0.25, 0.3) is 0 Å². The predicted molar refractivity (Wildman–Crippen MR) is 63.2 cm³/mol. The lowest BCUT2D eigenvalue weighted by molar-refractivity contribution is 0.764. The van der Waals surface area contributed by atoms with E-state index in [0.717, 1.165) is 29.3 Å². The molecule has 0 bridgehead atoms. The van der Waals surface area contributed by atoms with E-state index in [1.807, 2.05) is 27.2 Å². The molecule has 0 aromatic carbocycles. The van der Waals surface area contributed by atoms with Gasteiger partial charge < -0.3 is 10.3 Å². The molecule has 0 saturated carbocycles. The molecule has 0 atom stereocenters. The second-order valence-electron chi connectivity index (χ2n) is 4.12. The summed E-state index contributed by atoms with van der Waals surface area (Å²) in [6.07, 6.45) is 1.84. The summed E-state index contributed by atoms with van der Waals surface area (Å²) in [6.45, 7) is 6.78. The van der Waals surface area contributed by atoms with E-state index in [-0.39, 0.29) is 0 Å². The maximum atomic E-state index is 5.97. The van der Waals surface area contributed by atoms with Gasteiger partial charge in [-0.3, -0.25) is 4.68 Å². The average molecular weight is 219 g/mol. The Balaban J connectivity index is 2.37. The van der Waals surface area contributed by atoms with E-state index in [1.165, 1.54) is 5.69 Å². The number of nitrogens with zero attached hydrogens (tertiary/aromatic N) is 4. The van der Waals surface area contributed by atoms with Crippen LogP contribution >= 0.6 is 0 Å². The lowest BCUT2D eigenvalue weighted by atomic mass is 10.2. The maximum absolute atomic E-state index is 5.97. The molecule has 2 aromatic rings. The van der Waals surface area contributed by atoms with Gasteiger partial charge in [0, 0.05) is 18.3 Å². The minimum atomic E-state index is 0.725. The zero-order chi connectivity index (χ0) is 11.9. The van der Waals surface area contributed by atoms with Crippen molar-refractivity contribution < 1.29 is 0 Å². The van der Waals surface area contributed by atoms with Crippen molar-refractivity contribution in [3.8, 4) is 0 Å². The van der Waals surface area contributed by atoms with Crippen LogP contribution in [0.15, 0.2) is 6.33 Å². The Labute approximate surface area is 94.9 Å². The van der Waals surface area contributed by atoms with Crippen molar-refractivity contribution in [2.75, 3.05) is 5.73 Å². The number of hydrogen-bond donors (Lipinski definition) is 1. The summed E-state index contributed by atoms with van der Waals surface area (Å²) < 4.78 is 3.81. The number of hydrogen-bond acceptors (Lipinski definition) is 3. The van der Waals surface area contributed by atoms with Crippen molar-refractivity contribution in [3.05, 3.63) is 29.0 Å². The highest BCUT2D eigenvalue weighted by Crippen LogP contribution is 2.17. The Morgan fingerprint density at radius 1 is 1.25 bits per heavy atom. The molecule has 16 heavy (non-hydrogen) atoms. The molecule has 2 heterocycles. The van der Waals surface area contributed by atoms with Crippen LogP contribution in [0.25, 0.3) is 0 Å². The van der Waals surface area contributed by atoms with E-state index in [4.69, 9.17) is 5.73 Å². The minimum absolute atomic E-state index is 0.725. The summed E-state index contributed by atoms with van der Waals surface area (Å²) in [5.74, 6) is 0.725. The first-order valence-electron chi connectivity index (χ1n) is 5.27. The summed E-state index contributed by atoms with van der Waals surface area (Å²) in [5, 5.41) is 4.30. The first-order valence-corrected chi connectivity index (χ1v) is 5.27. The van der Waals surface area contributed by atoms with E-state index in [2.05, 4.69) is 21.6 Å². The van der Waals surface area contributed by atoms with Crippen LogP contribution in [0.3, 0.4) is 0 Å². The van der Waals surface area contributed by atoms with Crippen LogP contribution in [0.1, 0.15) is 22.6 Å². The number of anilines is 1. The lowest BCUT2D eigenvalue weighted by Crippen LogP contribution is -2.05. The second-order valence-corrected chi connectivity index (χ2v) is 4.12. The molecule has 2 N–H and O–H groups in total. The van der Waals surface area contributed by atoms with Crippen LogP contribution in [0.4, 0.5) is 5.82 Å². The van der Waals surface area contributed by atoms with Gasteiger partial charge in [0.1, 0.15) is 5.82 Å². The SMILES string of the molecule is Cc1nn(C)c(N)c1Cn1cnc(C)c1C. The zero-order valence-electron chi connectivity index (χ0n) is 10.2. The van der Waals surface area contributed by atoms with Gasteiger partial charge in [-0.25, -0.2) is 4.98 Å². The third-order valence-corrected chi connectivity index (χ3v) is 3.07. The fraction of sp³-hybridized carbons (Fsp3) is 0.455. The minimum Gasteiger partial charge on any atom is -0.384 e. The van der Waals surface area contributed by atoms with Gasteiger partial charge >= 0.3 is 0 Å². The molecule has 0 amide bonds. The van der Waals surface area contributed by atoms with E-state index < -0.39 is 0 Å². The molecule has 0 aliphatic rings. The first kappa shape index (κ1) is 10.7. The molecular formula is C11H17N5. The molecule has 0 saturated heterocycles. The molecule has 0 fully saturated rings. The van der Waals surface area contributed by atoms with Crippen LogP contribution in [0.2, 0.25) is 0 Å². The second kappa shape index (κ2) is 3.66. The molecule has 0 aliphatic carbocycles. The Hall–Kier alpha value is -1.78. The van der Waals surface area contributed by atoms with E-state index in [9.17, 15) is 0 Å². The fourth-order valence-corrected chi connectivity index (χ4v) is 1.79. The van der Waals surface area contributed by atoms with Gasteiger partial charge in [0.05, 0.1) is 24.3 Å². The fourth-order valence-electron chi connectivity index (χ4n) is 1.79. The van der Waals surface area contributed by atoms with Crippen molar-refractivity contribution in [2.24, 2.45) is 7.05 Å². The average Bonchev–Trinajstić information content (AvgIpc) is 2.66. The topological polar surface area (TPSA) is 61.7 Å². The molecule has 2 aromatic heterocycles. The lowest BCUT2D eigenvalue weighted by Gasteiger charge is -2.05. The van der Waals surface area contributed by atoms with Crippen LogP contribution < -0.4 is 5.73 Å². The number of aromatic nitrogens is 4. The van der Waals surface area contributed by atoms with E-state index >= 15 is 0 Å². The number of aryl methyl sites for hydroxylation is 3. The van der Waals surface area contributed by atoms with E-state index in [1.54, 1.807) is 4.68 Å². The number of nitrogen functional groups attached to an aromatic ring is 1. The molecule has 5 heteroatoms. The molecule has 2 rings (SSSR count). The summed E-state index contributed by atoms with van der Waals surface area (Å²) in [5.41, 5.74) is 10.2. The van der Waals surface area contributed by atoms with Crippen molar-refractivity contribution in [2.45, 2.75) is 27.3 Å². The smallest absolute Gasteiger partial charge is 0.126 e. The number of rotatable bonds is 2. The molecule has 0 spiro atoms. The molecule has 5 nitrogen and oxygen atoms in total. The highest BCUT2D eigenvalue weighted by molar-refractivity contribution is 5.43. The summed E-state index contributed by atoms with van der Waals surface area (Å²) in [7, 11) is 1.86. The Morgan fingerprint density at radius 3 is 2.38 bits per heavy atom. The molecule has 86 valence electrons. The number of imidazole rings is 1. The third kappa shape index (κ3) is 1.58. The van der Waals surface area contributed by atoms with Crippen LogP contribution in [-0.4, -0.2) is 19.3 Å². The van der Waals surface area contributed by atoms with Crippen LogP contribution in [0, 0.1) is 20.8 Å². The monoisotopic (exact) mass is 219 g/mol. The quantitative estimate of drug-likeness (QED) is 0.824. The Kier molecular flexibility index (Phi) is 2.46. The third-order valence-electron chi connectivity index (χ3n) is 3.07. The van der Waals surface area contributed by atoms with Crippen LogP contribution in [0.5, 0.6) is 0 Å². The molecule has 0 aliphatic heterocycles. The Morgan fingerprint density at radius 2 is 1.94 bits per heavy atom. The largest absolute Gasteiger partial charge is 0.384 e. The zero-order valence-corrected chi connectivity index (χ0v) is 10.2. The first-order chi connectivity index (χ1) is 7.50. The summed E-state index contributed by atoms with van der Waals surface area (Å²) in [4.78, 5) is 4.27. The van der Waals surface area contributed by atoms with Crippen molar-refractivity contribution in [3.63, 3.8) is 0 Å². The van der Waals surface area contributed by atoms with Crippen molar-refractivity contribution >= 4 is 5.82 Å². The molecular weight excluding hydrogens is 202 g/mol. The highest BCUT2D eigenvalue weighted by atomic mass is 15.3. The summed E-state index contributed by atoms with van der Waals surface area (Å²) in [6, 6.07) is 0. The standard InChI is InChI=1S/C11H17N5/c1-7-9(3)16(6-13-7)5-10-8(2)14-15(4)11(10)12/h6H,5,12H2,1-4H3. The van der Waals surface area contributed by atoms with Crippen molar-refractivity contribution in [1.29, 1.82) is 0 Å². The van der Waals surface area contributed by atoms with Gasteiger partial charge in [0.15, 0.2) is 0 Å². The van der Waals surface area contributed by atoms with Crippen molar-refractivity contribution in [1.82, 2.24) is 19.3 Å². The van der Waals surface area contributed by atoms with Gasteiger partial charge in [-0.15, -0.1) is 0 Å². The van der Waals surface area contributed by atoms with Gasteiger partial charge in [-0.2, -0.15) is 5.10 Å². The normalized spacial score (nSPS) is 11.0. The number of nitrogens with two attached hydrogens (primary N) is 1.